The van der Waals surface area contributed by atoms with E-state index in [2.05, 4.69) is 15.5 Å². The third-order valence-corrected chi connectivity index (χ3v) is 2.70. The van der Waals surface area contributed by atoms with Crippen molar-refractivity contribution in [2.75, 3.05) is 5.32 Å². The van der Waals surface area contributed by atoms with Crippen LogP contribution >= 0.6 is 11.6 Å². The summed E-state index contributed by atoms with van der Waals surface area (Å²) < 4.78 is 9.85. The second-order valence-electron chi connectivity index (χ2n) is 4.23. The maximum absolute atomic E-state index is 11.8. The van der Waals surface area contributed by atoms with Crippen LogP contribution in [0.15, 0.2) is 28.9 Å². The number of nitrogens with one attached hydrogen (secondary N) is 1. The molecule has 0 aliphatic carbocycles. The van der Waals surface area contributed by atoms with Gasteiger partial charge >= 0.3 is 5.97 Å². The lowest BCUT2D eigenvalue weighted by Gasteiger charge is -2.12. The summed E-state index contributed by atoms with van der Waals surface area (Å²) in [6, 6.07) is 4.35. The van der Waals surface area contributed by atoms with Crippen LogP contribution in [0, 0.1) is 6.92 Å². The zero-order valence-electron chi connectivity index (χ0n) is 11.3. The number of aromatic nitrogens is 2. The number of carbonyl (C=O) groups excluding carboxylic acids is 2. The Bertz CT molecular complexity index is 671. The van der Waals surface area contributed by atoms with Crippen molar-refractivity contribution in [2.24, 2.45) is 0 Å². The van der Waals surface area contributed by atoms with Crippen molar-refractivity contribution in [1.82, 2.24) is 10.1 Å². The Labute approximate surface area is 125 Å². The summed E-state index contributed by atoms with van der Waals surface area (Å²) >= 11 is 5.68. The third-order valence-electron chi connectivity index (χ3n) is 2.49. The molecule has 8 heteroatoms. The Hall–Kier alpha value is -2.41. The van der Waals surface area contributed by atoms with E-state index < -0.39 is 18.0 Å². The molecule has 1 amide bonds. The molecular weight excluding hydrogens is 298 g/mol. The first kappa shape index (κ1) is 15.0. The van der Waals surface area contributed by atoms with E-state index in [-0.39, 0.29) is 16.5 Å². The number of hydrogen-bond donors (Lipinski definition) is 1. The SMILES string of the molecule is Cc1cc(NC(=O)C(C)OC(=O)c2ccnc(Cl)c2)no1. The van der Waals surface area contributed by atoms with Crippen molar-refractivity contribution in [3.8, 4) is 0 Å². The van der Waals surface area contributed by atoms with Gasteiger partial charge in [0, 0.05) is 12.3 Å². The first-order valence-corrected chi connectivity index (χ1v) is 6.40. The molecule has 0 aromatic carbocycles. The Morgan fingerprint density at radius 1 is 1.43 bits per heavy atom. The molecule has 0 saturated carbocycles. The molecular formula is C13H12ClN3O4. The molecule has 2 rings (SSSR count). The van der Waals surface area contributed by atoms with Crippen molar-refractivity contribution in [3.05, 3.63) is 40.9 Å². The Morgan fingerprint density at radius 3 is 2.81 bits per heavy atom. The Morgan fingerprint density at radius 2 is 2.19 bits per heavy atom. The van der Waals surface area contributed by atoms with E-state index in [0.29, 0.717) is 5.76 Å². The van der Waals surface area contributed by atoms with Crippen LogP contribution in [-0.2, 0) is 9.53 Å². The number of halogens is 1. The second-order valence-corrected chi connectivity index (χ2v) is 4.61. The molecule has 2 aromatic rings. The number of rotatable bonds is 4. The highest BCUT2D eigenvalue weighted by atomic mass is 35.5. The van der Waals surface area contributed by atoms with Crippen LogP contribution in [0.3, 0.4) is 0 Å². The lowest BCUT2D eigenvalue weighted by molar-refractivity contribution is -0.123. The van der Waals surface area contributed by atoms with Crippen LogP contribution in [0.4, 0.5) is 5.82 Å². The standard InChI is InChI=1S/C13H12ClN3O4/c1-7-5-11(17-21-7)16-12(18)8(2)20-13(19)9-3-4-15-10(14)6-9/h3-6,8H,1-2H3,(H,16,17,18). The maximum Gasteiger partial charge on any atom is 0.339 e. The summed E-state index contributed by atoms with van der Waals surface area (Å²) in [5, 5.41) is 6.25. The van der Waals surface area contributed by atoms with Crippen LogP contribution in [0.25, 0.3) is 0 Å². The number of nitrogens with zero attached hydrogens (tertiary/aromatic N) is 2. The van der Waals surface area contributed by atoms with Gasteiger partial charge in [0.15, 0.2) is 11.9 Å². The minimum absolute atomic E-state index is 0.166. The molecule has 0 radical (unpaired) electrons. The van der Waals surface area contributed by atoms with Gasteiger partial charge in [0.2, 0.25) is 0 Å². The second kappa shape index (κ2) is 6.36. The topological polar surface area (TPSA) is 94.3 Å². The molecule has 1 N–H and O–H groups in total. The van der Waals surface area contributed by atoms with Gasteiger partial charge in [0.1, 0.15) is 10.9 Å². The molecule has 2 aromatic heterocycles. The first-order valence-electron chi connectivity index (χ1n) is 6.02. The number of ether oxygens (including phenoxy) is 1. The van der Waals surface area contributed by atoms with Gasteiger partial charge in [-0.3, -0.25) is 4.79 Å². The van der Waals surface area contributed by atoms with Gasteiger partial charge in [-0.15, -0.1) is 0 Å². The summed E-state index contributed by atoms with van der Waals surface area (Å²) in [6.07, 6.45) is 0.378. The summed E-state index contributed by atoms with van der Waals surface area (Å²) in [5.41, 5.74) is 0.215. The van der Waals surface area contributed by atoms with Crippen molar-refractivity contribution in [3.63, 3.8) is 0 Å². The molecule has 0 bridgehead atoms. The van der Waals surface area contributed by atoms with Crippen LogP contribution in [0.1, 0.15) is 23.0 Å². The number of hydrogen-bond acceptors (Lipinski definition) is 6. The number of pyridine rings is 1. The highest BCUT2D eigenvalue weighted by molar-refractivity contribution is 6.29. The molecule has 1 unspecified atom stereocenters. The largest absolute Gasteiger partial charge is 0.449 e. The number of esters is 1. The fraction of sp³-hybridized carbons (Fsp3) is 0.231. The van der Waals surface area contributed by atoms with E-state index in [1.54, 1.807) is 13.0 Å². The number of anilines is 1. The van der Waals surface area contributed by atoms with E-state index in [1.165, 1.54) is 25.3 Å². The van der Waals surface area contributed by atoms with Crippen LogP contribution in [-0.4, -0.2) is 28.1 Å². The molecule has 21 heavy (non-hydrogen) atoms. The fourth-order valence-corrected chi connectivity index (χ4v) is 1.64. The van der Waals surface area contributed by atoms with Crippen LogP contribution in [0.5, 0.6) is 0 Å². The minimum atomic E-state index is -0.999. The van der Waals surface area contributed by atoms with Crippen LogP contribution < -0.4 is 5.32 Å². The van der Waals surface area contributed by atoms with Crippen molar-refractivity contribution in [1.29, 1.82) is 0 Å². The van der Waals surface area contributed by atoms with Gasteiger partial charge in [-0.25, -0.2) is 9.78 Å². The quantitative estimate of drug-likeness (QED) is 0.687. The van der Waals surface area contributed by atoms with Crippen molar-refractivity contribution >= 4 is 29.3 Å². The highest BCUT2D eigenvalue weighted by Gasteiger charge is 2.20. The highest BCUT2D eigenvalue weighted by Crippen LogP contribution is 2.11. The number of aryl methyl sites for hydroxylation is 1. The third kappa shape index (κ3) is 4.03. The van der Waals surface area contributed by atoms with Gasteiger partial charge in [-0.2, -0.15) is 0 Å². The lowest BCUT2D eigenvalue weighted by atomic mass is 10.2. The van der Waals surface area contributed by atoms with E-state index in [1.807, 2.05) is 0 Å². The smallest absolute Gasteiger partial charge is 0.339 e. The summed E-state index contributed by atoms with van der Waals surface area (Å²) in [4.78, 5) is 27.4. The zero-order valence-corrected chi connectivity index (χ0v) is 12.0. The normalized spacial score (nSPS) is 11.8. The molecule has 7 nitrogen and oxygen atoms in total. The number of carbonyl (C=O) groups is 2. The molecule has 0 aliphatic heterocycles. The summed E-state index contributed by atoms with van der Waals surface area (Å²) in [6.45, 7) is 3.14. The van der Waals surface area contributed by atoms with Gasteiger partial charge in [0.05, 0.1) is 5.56 Å². The van der Waals surface area contributed by atoms with Gasteiger partial charge in [0.25, 0.3) is 5.91 Å². The predicted molar refractivity (Wildman–Crippen MR) is 74.0 cm³/mol. The van der Waals surface area contributed by atoms with Crippen molar-refractivity contribution < 1.29 is 18.8 Å². The molecule has 0 aliphatic rings. The van der Waals surface area contributed by atoms with E-state index in [9.17, 15) is 9.59 Å². The molecule has 0 saturated heterocycles. The van der Waals surface area contributed by atoms with Gasteiger partial charge < -0.3 is 14.6 Å². The maximum atomic E-state index is 11.8. The van der Waals surface area contributed by atoms with Crippen molar-refractivity contribution in [2.45, 2.75) is 20.0 Å². The van der Waals surface area contributed by atoms with E-state index >= 15 is 0 Å². The molecule has 0 fully saturated rings. The van der Waals surface area contributed by atoms with E-state index in [4.69, 9.17) is 20.9 Å². The molecule has 110 valence electrons. The lowest BCUT2D eigenvalue weighted by Crippen LogP contribution is -2.30. The zero-order chi connectivity index (χ0) is 15.4. The summed E-state index contributed by atoms with van der Waals surface area (Å²) in [5.74, 6) is -0.371. The first-order chi connectivity index (χ1) is 9.95. The predicted octanol–water partition coefficient (Wildman–Crippen LogP) is 2.22. The Kier molecular flexibility index (Phi) is 4.54. The summed E-state index contributed by atoms with van der Waals surface area (Å²) in [7, 11) is 0. The molecule has 2 heterocycles. The molecule has 0 spiro atoms. The molecule has 1 atom stereocenters. The monoisotopic (exact) mass is 309 g/mol. The minimum Gasteiger partial charge on any atom is -0.449 e. The average molecular weight is 310 g/mol. The van der Waals surface area contributed by atoms with Crippen LogP contribution in [0.2, 0.25) is 5.15 Å². The van der Waals surface area contributed by atoms with Gasteiger partial charge in [-0.05, 0) is 26.0 Å². The Balaban J connectivity index is 1.95. The van der Waals surface area contributed by atoms with Gasteiger partial charge in [-0.1, -0.05) is 16.8 Å². The van der Waals surface area contributed by atoms with E-state index in [0.717, 1.165) is 0 Å². The number of amides is 1. The average Bonchev–Trinajstić information content (AvgIpc) is 2.84. The fourth-order valence-electron chi connectivity index (χ4n) is 1.46.